The number of nitrogens with zero attached hydrogens (tertiary/aromatic N) is 2. The Morgan fingerprint density at radius 1 is 1.15 bits per heavy atom. The molecule has 132 valence electrons. The second-order valence-corrected chi connectivity index (χ2v) is 6.68. The van der Waals surface area contributed by atoms with E-state index in [0.29, 0.717) is 0 Å². The summed E-state index contributed by atoms with van der Waals surface area (Å²) >= 11 is 0. The highest BCUT2D eigenvalue weighted by Crippen LogP contribution is 2.48. The van der Waals surface area contributed by atoms with Gasteiger partial charge in [0.2, 0.25) is 0 Å². The Morgan fingerprint density at radius 2 is 1.85 bits per heavy atom. The summed E-state index contributed by atoms with van der Waals surface area (Å²) in [7, 11) is 1.86. The lowest BCUT2D eigenvalue weighted by molar-refractivity contribution is -0.149. The highest BCUT2D eigenvalue weighted by atomic mass is 19.1. The normalized spacial score (nSPS) is 19.8. The molecule has 0 N–H and O–H groups in total. The van der Waals surface area contributed by atoms with Crippen LogP contribution in [0.4, 0.5) is 4.39 Å². The minimum atomic E-state index is -0.542. The lowest BCUT2D eigenvalue weighted by atomic mass is 10.0. The third kappa shape index (κ3) is 3.38. The van der Waals surface area contributed by atoms with Crippen LogP contribution in [0.25, 0.3) is 0 Å². The summed E-state index contributed by atoms with van der Waals surface area (Å²) in [6, 6.07) is 15.6. The van der Waals surface area contributed by atoms with Crippen LogP contribution in [0.3, 0.4) is 0 Å². The standard InChI is InChI=1S/C21H19FN2O2/c1-24-13-16(12-23-24)18-11-19(18)21(25)26-20(14-5-3-2-4-6-14)15-7-9-17(22)10-8-15/h2-10,12-13,18-20H,11H2,1H3/t18-,19+,20-/m0/s1. The fraction of sp³-hybridized carbons (Fsp3) is 0.238. The first-order valence-corrected chi connectivity index (χ1v) is 8.61. The molecule has 5 heteroatoms. The number of aromatic nitrogens is 2. The van der Waals surface area contributed by atoms with Gasteiger partial charge in [0, 0.05) is 19.2 Å². The van der Waals surface area contributed by atoms with Gasteiger partial charge < -0.3 is 4.74 Å². The lowest BCUT2D eigenvalue weighted by Gasteiger charge is -2.19. The van der Waals surface area contributed by atoms with Crippen molar-refractivity contribution in [3.05, 3.63) is 89.5 Å². The zero-order valence-corrected chi connectivity index (χ0v) is 14.4. The van der Waals surface area contributed by atoms with Crippen LogP contribution < -0.4 is 0 Å². The van der Waals surface area contributed by atoms with E-state index >= 15 is 0 Å². The summed E-state index contributed by atoms with van der Waals surface area (Å²) in [5.74, 6) is -0.519. The molecule has 26 heavy (non-hydrogen) atoms. The number of carbonyl (C=O) groups excluding carboxylic acids is 1. The van der Waals surface area contributed by atoms with Crippen LogP contribution in [0.1, 0.15) is 35.1 Å². The van der Waals surface area contributed by atoms with Gasteiger partial charge in [0.05, 0.1) is 12.1 Å². The van der Waals surface area contributed by atoms with Gasteiger partial charge in [0.15, 0.2) is 6.10 Å². The Hall–Kier alpha value is -2.95. The van der Waals surface area contributed by atoms with Crippen molar-refractivity contribution >= 4 is 5.97 Å². The number of benzene rings is 2. The predicted octanol–water partition coefficient (Wildman–Crippen LogP) is 4.00. The molecule has 3 atom stereocenters. The summed E-state index contributed by atoms with van der Waals surface area (Å²) < 4.78 is 20.9. The predicted molar refractivity (Wildman–Crippen MR) is 94.8 cm³/mol. The molecule has 0 saturated heterocycles. The third-order valence-electron chi connectivity index (χ3n) is 4.76. The number of hydrogen-bond donors (Lipinski definition) is 0. The maximum absolute atomic E-state index is 13.3. The molecule has 0 radical (unpaired) electrons. The third-order valence-corrected chi connectivity index (χ3v) is 4.76. The topological polar surface area (TPSA) is 44.1 Å². The first-order chi connectivity index (χ1) is 12.6. The maximum atomic E-state index is 13.3. The Labute approximate surface area is 151 Å². The molecule has 1 heterocycles. The summed E-state index contributed by atoms with van der Waals surface area (Å²) in [5.41, 5.74) is 2.68. The Balaban J connectivity index is 1.53. The van der Waals surface area contributed by atoms with E-state index in [4.69, 9.17) is 4.74 Å². The van der Waals surface area contributed by atoms with Gasteiger partial charge in [-0.3, -0.25) is 9.48 Å². The molecular formula is C21H19FN2O2. The molecule has 1 aromatic heterocycles. The molecule has 0 amide bonds. The van der Waals surface area contributed by atoms with Crippen molar-refractivity contribution in [2.24, 2.45) is 13.0 Å². The van der Waals surface area contributed by atoms with Crippen LogP contribution in [0, 0.1) is 11.7 Å². The van der Waals surface area contributed by atoms with Crippen LogP contribution in [-0.4, -0.2) is 15.7 Å². The molecule has 0 aliphatic heterocycles. The number of esters is 1. The van der Waals surface area contributed by atoms with Gasteiger partial charge in [-0.1, -0.05) is 42.5 Å². The van der Waals surface area contributed by atoms with Gasteiger partial charge in [-0.05, 0) is 35.2 Å². The van der Waals surface area contributed by atoms with E-state index in [1.165, 1.54) is 12.1 Å². The fourth-order valence-corrected chi connectivity index (χ4v) is 3.25. The van der Waals surface area contributed by atoms with Gasteiger partial charge in [-0.25, -0.2) is 4.39 Å². The first-order valence-electron chi connectivity index (χ1n) is 8.61. The molecule has 4 nitrogen and oxygen atoms in total. The summed E-state index contributed by atoms with van der Waals surface area (Å²) in [6.07, 6.45) is 3.97. The number of ether oxygens (including phenoxy) is 1. The molecule has 0 bridgehead atoms. The quantitative estimate of drug-likeness (QED) is 0.654. The highest BCUT2D eigenvalue weighted by molar-refractivity contribution is 5.78. The van der Waals surface area contributed by atoms with Crippen molar-refractivity contribution in [1.82, 2.24) is 9.78 Å². The SMILES string of the molecule is Cn1cc([C@@H]2C[C@H]2C(=O)O[C@@H](c2ccccc2)c2ccc(F)cc2)cn1. The summed E-state index contributed by atoms with van der Waals surface area (Å²) in [5, 5.41) is 4.17. The molecule has 2 aromatic carbocycles. The smallest absolute Gasteiger partial charge is 0.310 e. The van der Waals surface area contributed by atoms with Crippen LogP contribution in [0.5, 0.6) is 0 Å². The minimum Gasteiger partial charge on any atom is -0.452 e. The maximum Gasteiger partial charge on any atom is 0.310 e. The zero-order chi connectivity index (χ0) is 18.1. The van der Waals surface area contributed by atoms with E-state index in [1.54, 1.807) is 23.0 Å². The number of hydrogen-bond acceptors (Lipinski definition) is 3. The van der Waals surface area contributed by atoms with Gasteiger partial charge in [0.1, 0.15) is 5.82 Å². The van der Waals surface area contributed by atoms with E-state index in [1.807, 2.05) is 43.6 Å². The van der Waals surface area contributed by atoms with E-state index in [0.717, 1.165) is 23.1 Å². The van der Waals surface area contributed by atoms with Gasteiger partial charge in [-0.2, -0.15) is 5.10 Å². The molecule has 1 aliphatic rings. The average molecular weight is 350 g/mol. The van der Waals surface area contributed by atoms with Crippen molar-refractivity contribution in [3.8, 4) is 0 Å². The van der Waals surface area contributed by atoms with Gasteiger partial charge >= 0.3 is 5.97 Å². The Morgan fingerprint density at radius 3 is 2.50 bits per heavy atom. The molecular weight excluding hydrogens is 331 g/mol. The van der Waals surface area contributed by atoms with Crippen molar-refractivity contribution in [1.29, 1.82) is 0 Å². The van der Waals surface area contributed by atoms with Crippen molar-refractivity contribution < 1.29 is 13.9 Å². The van der Waals surface area contributed by atoms with Crippen molar-refractivity contribution in [2.75, 3.05) is 0 Å². The Kier molecular flexibility index (Phi) is 4.29. The fourth-order valence-electron chi connectivity index (χ4n) is 3.25. The minimum absolute atomic E-state index is 0.147. The van der Waals surface area contributed by atoms with E-state index in [-0.39, 0.29) is 23.6 Å². The second-order valence-electron chi connectivity index (χ2n) is 6.68. The monoisotopic (exact) mass is 350 g/mol. The average Bonchev–Trinajstić information content (AvgIpc) is 3.35. The molecule has 1 aliphatic carbocycles. The van der Waals surface area contributed by atoms with Crippen LogP contribution in [-0.2, 0) is 16.6 Å². The van der Waals surface area contributed by atoms with Crippen LogP contribution >= 0.6 is 0 Å². The summed E-state index contributed by atoms with van der Waals surface area (Å²) in [6.45, 7) is 0. The molecule has 3 aromatic rings. The number of aryl methyl sites for hydroxylation is 1. The lowest BCUT2D eigenvalue weighted by Crippen LogP contribution is -2.15. The molecule has 1 saturated carbocycles. The largest absolute Gasteiger partial charge is 0.452 e. The molecule has 1 fully saturated rings. The second kappa shape index (κ2) is 6.75. The zero-order valence-electron chi connectivity index (χ0n) is 14.4. The van der Waals surface area contributed by atoms with Crippen molar-refractivity contribution in [3.63, 3.8) is 0 Å². The van der Waals surface area contributed by atoms with E-state index in [2.05, 4.69) is 5.10 Å². The van der Waals surface area contributed by atoms with Crippen LogP contribution in [0.15, 0.2) is 67.0 Å². The Bertz CT molecular complexity index is 905. The summed E-state index contributed by atoms with van der Waals surface area (Å²) in [4.78, 5) is 12.7. The number of rotatable bonds is 5. The number of carbonyl (C=O) groups is 1. The molecule has 0 unspecified atom stereocenters. The van der Waals surface area contributed by atoms with Crippen molar-refractivity contribution in [2.45, 2.75) is 18.4 Å². The van der Waals surface area contributed by atoms with Gasteiger partial charge in [-0.15, -0.1) is 0 Å². The molecule has 0 spiro atoms. The molecule has 4 rings (SSSR count). The first kappa shape index (κ1) is 16.5. The van der Waals surface area contributed by atoms with Crippen LogP contribution in [0.2, 0.25) is 0 Å². The van der Waals surface area contributed by atoms with E-state index < -0.39 is 6.10 Å². The van der Waals surface area contributed by atoms with Gasteiger partial charge in [0.25, 0.3) is 0 Å². The highest BCUT2D eigenvalue weighted by Gasteiger charge is 2.46. The van der Waals surface area contributed by atoms with E-state index in [9.17, 15) is 9.18 Å². The number of halogens is 1.